The Bertz CT molecular complexity index is 525. The van der Waals surface area contributed by atoms with E-state index in [1.165, 1.54) is 0 Å². The maximum atomic E-state index is 12.8. The van der Waals surface area contributed by atoms with Gasteiger partial charge in [0.25, 0.3) is 0 Å². The Kier molecular flexibility index (Phi) is 4.23. The molecule has 1 atom stereocenters. The number of carbonyl (C=O) groups excluding carboxylic acids is 1. The van der Waals surface area contributed by atoms with Crippen molar-refractivity contribution in [2.75, 3.05) is 19.6 Å². The van der Waals surface area contributed by atoms with Gasteiger partial charge in [0.15, 0.2) is 0 Å². The first kappa shape index (κ1) is 14.9. The number of nitrogens with one attached hydrogen (secondary N) is 1. The molecule has 2 aliphatic rings. The third-order valence-electron chi connectivity index (χ3n) is 5.10. The van der Waals surface area contributed by atoms with Crippen molar-refractivity contribution in [1.29, 1.82) is 0 Å². The van der Waals surface area contributed by atoms with E-state index in [1.807, 2.05) is 36.1 Å². The van der Waals surface area contributed by atoms with Crippen LogP contribution < -0.4 is 5.32 Å². The molecule has 1 N–H and O–H groups in total. The summed E-state index contributed by atoms with van der Waals surface area (Å²) in [7, 11) is 0. The molecule has 1 aromatic carbocycles. The summed E-state index contributed by atoms with van der Waals surface area (Å²) in [6.45, 7) is 5.53. The van der Waals surface area contributed by atoms with E-state index in [1.54, 1.807) is 0 Å². The Hall–Kier alpha value is -1.06. The number of benzene rings is 1. The van der Waals surface area contributed by atoms with Crippen molar-refractivity contribution in [3.63, 3.8) is 0 Å². The smallest absolute Gasteiger partial charge is 0.226 e. The van der Waals surface area contributed by atoms with Crippen LogP contribution in [0.15, 0.2) is 24.3 Å². The van der Waals surface area contributed by atoms with Crippen molar-refractivity contribution >= 4 is 17.5 Å². The van der Waals surface area contributed by atoms with Gasteiger partial charge in [-0.15, -0.1) is 0 Å². The van der Waals surface area contributed by atoms with Crippen molar-refractivity contribution in [2.45, 2.75) is 32.7 Å². The molecule has 114 valence electrons. The number of halogens is 1. The van der Waals surface area contributed by atoms with E-state index in [-0.39, 0.29) is 5.92 Å². The fourth-order valence-electron chi connectivity index (χ4n) is 3.57. The average Bonchev–Trinajstić information content (AvgIpc) is 3.19. The second-order valence-electron chi connectivity index (χ2n) is 6.31. The molecule has 1 spiro atoms. The third kappa shape index (κ3) is 2.95. The summed E-state index contributed by atoms with van der Waals surface area (Å²) in [5.74, 6) is 0.557. The molecule has 1 saturated carbocycles. The van der Waals surface area contributed by atoms with Crippen LogP contribution in [0.1, 0.15) is 31.7 Å². The lowest BCUT2D eigenvalue weighted by atomic mass is 9.91. The topological polar surface area (TPSA) is 32.3 Å². The van der Waals surface area contributed by atoms with Gasteiger partial charge in [-0.2, -0.15) is 0 Å². The minimum Gasteiger partial charge on any atom is -0.338 e. The number of piperidine rings is 1. The van der Waals surface area contributed by atoms with Gasteiger partial charge in [-0.3, -0.25) is 4.79 Å². The van der Waals surface area contributed by atoms with Crippen LogP contribution >= 0.6 is 11.6 Å². The summed E-state index contributed by atoms with van der Waals surface area (Å²) in [6, 6.07) is 7.80. The monoisotopic (exact) mass is 306 g/mol. The van der Waals surface area contributed by atoms with E-state index in [0.29, 0.717) is 17.9 Å². The van der Waals surface area contributed by atoms with Gasteiger partial charge >= 0.3 is 0 Å². The SMILES string of the molecule is CCN(Cc1ccccc1Cl)C(=O)C1CC12CCNCC2. The van der Waals surface area contributed by atoms with E-state index < -0.39 is 0 Å². The number of hydrogen-bond acceptors (Lipinski definition) is 2. The van der Waals surface area contributed by atoms with Gasteiger partial charge in [0, 0.05) is 24.0 Å². The Balaban J connectivity index is 1.67. The number of rotatable bonds is 4. The van der Waals surface area contributed by atoms with Crippen LogP contribution in [0.5, 0.6) is 0 Å². The van der Waals surface area contributed by atoms with Crippen molar-refractivity contribution in [3.05, 3.63) is 34.9 Å². The second kappa shape index (κ2) is 5.98. The van der Waals surface area contributed by atoms with Gasteiger partial charge in [-0.1, -0.05) is 29.8 Å². The van der Waals surface area contributed by atoms with E-state index in [0.717, 1.165) is 49.5 Å². The van der Waals surface area contributed by atoms with Crippen molar-refractivity contribution in [2.24, 2.45) is 11.3 Å². The quantitative estimate of drug-likeness (QED) is 0.927. The first-order chi connectivity index (χ1) is 10.2. The zero-order valence-electron chi connectivity index (χ0n) is 12.6. The summed E-state index contributed by atoms with van der Waals surface area (Å²) < 4.78 is 0. The maximum Gasteiger partial charge on any atom is 0.226 e. The molecule has 1 heterocycles. The molecule has 1 unspecified atom stereocenters. The fourth-order valence-corrected chi connectivity index (χ4v) is 3.77. The highest BCUT2D eigenvalue weighted by atomic mass is 35.5. The number of nitrogens with zero attached hydrogens (tertiary/aromatic N) is 1. The fraction of sp³-hybridized carbons (Fsp3) is 0.588. The number of amides is 1. The first-order valence-electron chi connectivity index (χ1n) is 7.89. The zero-order chi connectivity index (χ0) is 14.9. The molecule has 0 radical (unpaired) electrons. The lowest BCUT2D eigenvalue weighted by Gasteiger charge is -2.26. The molecule has 1 aliphatic carbocycles. The average molecular weight is 307 g/mol. The molecule has 2 fully saturated rings. The largest absolute Gasteiger partial charge is 0.338 e. The molecular weight excluding hydrogens is 284 g/mol. The molecule has 3 rings (SSSR count). The zero-order valence-corrected chi connectivity index (χ0v) is 13.3. The van der Waals surface area contributed by atoms with Crippen LogP contribution in [-0.2, 0) is 11.3 Å². The summed E-state index contributed by atoms with van der Waals surface area (Å²) in [5.41, 5.74) is 1.34. The third-order valence-corrected chi connectivity index (χ3v) is 5.47. The van der Waals surface area contributed by atoms with Crippen molar-refractivity contribution < 1.29 is 4.79 Å². The normalized spacial score (nSPS) is 23.0. The first-order valence-corrected chi connectivity index (χ1v) is 8.27. The van der Waals surface area contributed by atoms with Gasteiger partial charge < -0.3 is 10.2 Å². The minimum atomic E-state index is 0.238. The van der Waals surface area contributed by atoms with Gasteiger partial charge in [0.1, 0.15) is 0 Å². The standard InChI is InChI=1S/C17H23ClN2O/c1-2-20(12-13-5-3-4-6-15(13)18)16(21)14-11-17(14)7-9-19-10-8-17/h3-6,14,19H,2,7-12H2,1H3. The predicted octanol–water partition coefficient (Wildman–Crippen LogP) is 3.08. The lowest BCUT2D eigenvalue weighted by Crippen LogP contribution is -2.36. The van der Waals surface area contributed by atoms with Gasteiger partial charge in [-0.05, 0) is 56.3 Å². The molecule has 1 amide bonds. The summed E-state index contributed by atoms with van der Waals surface area (Å²) >= 11 is 6.22. The summed E-state index contributed by atoms with van der Waals surface area (Å²) in [5, 5.41) is 4.13. The van der Waals surface area contributed by atoms with E-state index in [2.05, 4.69) is 5.32 Å². The molecule has 21 heavy (non-hydrogen) atoms. The Labute approximate surface area is 131 Å². The van der Waals surface area contributed by atoms with Crippen LogP contribution in [-0.4, -0.2) is 30.4 Å². The van der Waals surface area contributed by atoms with Gasteiger partial charge in [0.05, 0.1) is 0 Å². The molecule has 1 aliphatic heterocycles. The highest BCUT2D eigenvalue weighted by Gasteiger charge is 2.58. The Morgan fingerprint density at radius 3 is 2.76 bits per heavy atom. The molecule has 1 saturated heterocycles. The highest BCUT2D eigenvalue weighted by molar-refractivity contribution is 6.31. The Morgan fingerprint density at radius 1 is 1.38 bits per heavy atom. The molecule has 0 bridgehead atoms. The molecule has 1 aromatic rings. The minimum absolute atomic E-state index is 0.238. The van der Waals surface area contributed by atoms with Crippen LogP contribution in [0.25, 0.3) is 0 Å². The highest BCUT2D eigenvalue weighted by Crippen LogP contribution is 2.59. The van der Waals surface area contributed by atoms with Crippen LogP contribution in [0.3, 0.4) is 0 Å². The van der Waals surface area contributed by atoms with E-state index in [9.17, 15) is 4.79 Å². The molecule has 4 heteroatoms. The Morgan fingerprint density at radius 2 is 2.10 bits per heavy atom. The summed E-state index contributed by atoms with van der Waals surface area (Å²) in [4.78, 5) is 14.7. The van der Waals surface area contributed by atoms with Crippen LogP contribution in [0.4, 0.5) is 0 Å². The number of carbonyl (C=O) groups is 1. The van der Waals surface area contributed by atoms with Crippen LogP contribution in [0, 0.1) is 11.3 Å². The number of hydrogen-bond donors (Lipinski definition) is 1. The van der Waals surface area contributed by atoms with E-state index >= 15 is 0 Å². The van der Waals surface area contributed by atoms with Gasteiger partial charge in [0.2, 0.25) is 5.91 Å². The van der Waals surface area contributed by atoms with E-state index in [4.69, 9.17) is 11.6 Å². The second-order valence-corrected chi connectivity index (χ2v) is 6.72. The maximum absolute atomic E-state index is 12.8. The molecule has 3 nitrogen and oxygen atoms in total. The summed E-state index contributed by atoms with van der Waals surface area (Å²) in [6.07, 6.45) is 3.37. The van der Waals surface area contributed by atoms with Crippen molar-refractivity contribution in [1.82, 2.24) is 10.2 Å². The lowest BCUT2D eigenvalue weighted by molar-refractivity contribution is -0.134. The molecule has 0 aromatic heterocycles. The van der Waals surface area contributed by atoms with Crippen molar-refractivity contribution in [3.8, 4) is 0 Å². The predicted molar refractivity (Wildman–Crippen MR) is 85.2 cm³/mol. The van der Waals surface area contributed by atoms with Gasteiger partial charge in [-0.25, -0.2) is 0 Å². The molecular formula is C17H23ClN2O. The van der Waals surface area contributed by atoms with Crippen LogP contribution in [0.2, 0.25) is 5.02 Å².